The molecule has 8 nitrogen and oxygen atoms in total. The van der Waals surface area contributed by atoms with Gasteiger partial charge in [0.15, 0.2) is 9.75 Å². The molecule has 0 bridgehead atoms. The third kappa shape index (κ3) is 2.94. The molecule has 6 atom stereocenters. The van der Waals surface area contributed by atoms with Gasteiger partial charge in [-0.1, -0.05) is 17.7 Å². The van der Waals surface area contributed by atoms with Crippen LogP contribution in [0.5, 0.6) is 11.5 Å². The Morgan fingerprint density at radius 2 is 1.72 bits per heavy atom. The first-order chi connectivity index (χ1) is 16.7. The van der Waals surface area contributed by atoms with Gasteiger partial charge in [-0.15, -0.1) is 23.2 Å². The van der Waals surface area contributed by atoms with Crippen molar-refractivity contribution < 1.29 is 29.0 Å². The van der Waals surface area contributed by atoms with Crippen LogP contribution in [-0.2, 0) is 19.2 Å². The van der Waals surface area contributed by atoms with Crippen molar-refractivity contribution >= 4 is 46.8 Å². The summed E-state index contributed by atoms with van der Waals surface area (Å²) in [5.41, 5.74) is 0.430. The van der Waals surface area contributed by atoms with E-state index in [1.165, 1.54) is 31.2 Å². The molecule has 2 heterocycles. The summed E-state index contributed by atoms with van der Waals surface area (Å²) >= 11 is 14.3. The third-order valence-corrected chi connectivity index (χ3v) is 9.63. The molecule has 10 heteroatoms. The molecule has 4 amide bonds. The van der Waals surface area contributed by atoms with E-state index in [1.807, 2.05) is 6.08 Å². The number of methoxy groups -OCH3 is 1. The average Bonchev–Trinajstić information content (AvgIpc) is 3.14. The molecule has 2 aliphatic heterocycles. The van der Waals surface area contributed by atoms with E-state index in [1.54, 1.807) is 26.8 Å². The van der Waals surface area contributed by atoms with E-state index >= 15 is 0 Å². The van der Waals surface area contributed by atoms with Gasteiger partial charge in [0, 0.05) is 30.1 Å². The first-order valence-corrected chi connectivity index (χ1v) is 12.6. The van der Waals surface area contributed by atoms with Crippen LogP contribution in [0.2, 0.25) is 0 Å². The maximum atomic E-state index is 13.7. The number of hydrogen-bond donors (Lipinski definition) is 1. The summed E-state index contributed by atoms with van der Waals surface area (Å²) < 4.78 is 5.53. The number of nitrogens with zero attached hydrogens (tertiary/aromatic N) is 2. The number of alkyl halides is 2. The number of imide groups is 2. The van der Waals surface area contributed by atoms with Gasteiger partial charge in [-0.3, -0.25) is 29.0 Å². The number of fused-ring (bicyclic) bond motifs is 4. The molecule has 1 saturated carbocycles. The molecule has 3 fully saturated rings. The topological polar surface area (TPSA) is 104 Å². The van der Waals surface area contributed by atoms with Gasteiger partial charge in [-0.05, 0) is 45.6 Å². The summed E-state index contributed by atoms with van der Waals surface area (Å²) in [4.78, 5) is 52.6. The molecule has 192 valence electrons. The summed E-state index contributed by atoms with van der Waals surface area (Å²) in [5, 5.41) is 10.1. The Balaban J connectivity index is 1.75. The number of halogens is 2. The van der Waals surface area contributed by atoms with Gasteiger partial charge in [-0.2, -0.15) is 0 Å². The highest BCUT2D eigenvalue weighted by molar-refractivity contribution is 6.53. The molecule has 2 saturated heterocycles. The number of hydrogen-bond acceptors (Lipinski definition) is 6. The van der Waals surface area contributed by atoms with Crippen molar-refractivity contribution in [1.29, 1.82) is 0 Å². The van der Waals surface area contributed by atoms with Gasteiger partial charge in [0.05, 0.1) is 18.9 Å². The largest absolute Gasteiger partial charge is 0.508 e. The molecule has 1 N–H and O–H groups in total. The normalized spacial score (nSPS) is 36.0. The molecule has 4 aliphatic rings. The number of benzene rings is 1. The van der Waals surface area contributed by atoms with Gasteiger partial charge in [0.1, 0.15) is 11.5 Å². The Kier molecular flexibility index (Phi) is 5.37. The lowest BCUT2D eigenvalue weighted by atomic mass is 9.56. The van der Waals surface area contributed by atoms with Crippen molar-refractivity contribution in [2.24, 2.45) is 17.8 Å². The Labute approximate surface area is 219 Å². The zero-order valence-corrected chi connectivity index (χ0v) is 22.2. The Morgan fingerprint density at radius 3 is 2.33 bits per heavy atom. The van der Waals surface area contributed by atoms with E-state index < -0.39 is 50.8 Å². The van der Waals surface area contributed by atoms with Crippen LogP contribution in [0, 0.1) is 17.8 Å². The molecule has 0 radical (unpaired) electrons. The second kappa shape index (κ2) is 7.71. The lowest BCUT2D eigenvalue weighted by molar-refractivity contribution is -0.146. The maximum Gasteiger partial charge on any atom is 0.253 e. The van der Waals surface area contributed by atoms with Crippen LogP contribution < -0.4 is 4.74 Å². The van der Waals surface area contributed by atoms with Crippen LogP contribution in [0.3, 0.4) is 0 Å². The third-order valence-electron chi connectivity index (χ3n) is 8.21. The quantitative estimate of drug-likeness (QED) is 0.355. The number of rotatable bonds is 2. The van der Waals surface area contributed by atoms with E-state index in [4.69, 9.17) is 27.9 Å². The van der Waals surface area contributed by atoms with Crippen molar-refractivity contribution in [2.75, 3.05) is 14.2 Å². The van der Waals surface area contributed by atoms with E-state index in [9.17, 15) is 24.3 Å². The summed E-state index contributed by atoms with van der Waals surface area (Å²) in [6, 6.07) is 4.44. The predicted octanol–water partition coefficient (Wildman–Crippen LogP) is 3.19. The van der Waals surface area contributed by atoms with Crippen molar-refractivity contribution in [1.82, 2.24) is 9.80 Å². The van der Waals surface area contributed by atoms with E-state index in [-0.39, 0.29) is 29.7 Å². The van der Waals surface area contributed by atoms with Gasteiger partial charge in [-0.25, -0.2) is 0 Å². The molecular weight excluding hydrogens is 507 g/mol. The molecule has 36 heavy (non-hydrogen) atoms. The number of phenols is 1. The summed E-state index contributed by atoms with van der Waals surface area (Å²) in [6.45, 7) is 5.42. The fourth-order valence-corrected chi connectivity index (χ4v) is 7.70. The number of phenolic OH excluding ortho intramolecular Hbond substituents is 1. The van der Waals surface area contributed by atoms with E-state index in [0.717, 1.165) is 4.90 Å². The molecule has 0 spiro atoms. The van der Waals surface area contributed by atoms with Crippen molar-refractivity contribution in [3.05, 3.63) is 35.4 Å². The fourth-order valence-electron chi connectivity index (χ4n) is 6.69. The highest BCUT2D eigenvalue weighted by Gasteiger charge is 2.76. The van der Waals surface area contributed by atoms with Gasteiger partial charge in [0.2, 0.25) is 11.8 Å². The minimum Gasteiger partial charge on any atom is -0.508 e. The number of amides is 4. The standard InChI is InChI=1S/C26H28Cl2N2O6/c1-24(2,3)30-20(32)15-9-8-13-16(18(15)21(30)33)11-25(27)22(34)29(4)23(35)26(25,28)19(13)14-7-6-12(31)10-17(14)36-5/h6-8,10,15-16,18-19,31H,9,11H2,1-5H3/t15-,16+,18-,19+,25+,26-/m0/s1. The summed E-state index contributed by atoms with van der Waals surface area (Å²) in [7, 11) is 2.77. The minimum atomic E-state index is -1.89. The molecule has 1 aromatic rings. The monoisotopic (exact) mass is 534 g/mol. The SMILES string of the molecule is COc1cc(O)ccc1[C@H]1C2=CC[C@@H]3C(=O)N(C(C)(C)C)C(=O)[C@@H]3[C@@H]2C[C@@]2(Cl)C(=O)N(C)C(=O)[C@@]12Cl. The Morgan fingerprint density at radius 1 is 1.06 bits per heavy atom. The maximum absolute atomic E-state index is 13.7. The van der Waals surface area contributed by atoms with Crippen LogP contribution in [0.1, 0.15) is 45.1 Å². The second-order valence-corrected chi connectivity index (χ2v) is 12.3. The lowest BCUT2D eigenvalue weighted by Gasteiger charge is -2.51. The van der Waals surface area contributed by atoms with E-state index in [0.29, 0.717) is 17.6 Å². The van der Waals surface area contributed by atoms with Crippen molar-refractivity contribution in [2.45, 2.75) is 54.8 Å². The molecule has 2 aliphatic carbocycles. The van der Waals surface area contributed by atoms with Crippen molar-refractivity contribution in [3.8, 4) is 11.5 Å². The Hall–Kier alpha value is -2.58. The highest BCUT2D eigenvalue weighted by atomic mass is 35.5. The lowest BCUT2D eigenvalue weighted by Crippen LogP contribution is -2.60. The van der Waals surface area contributed by atoms with E-state index in [2.05, 4.69) is 0 Å². The first-order valence-electron chi connectivity index (χ1n) is 11.8. The molecular formula is C26H28Cl2N2O6. The minimum absolute atomic E-state index is 0.0512. The number of likely N-dealkylation sites (tertiary alicyclic amines) is 2. The van der Waals surface area contributed by atoms with Crippen LogP contribution in [0.15, 0.2) is 29.8 Å². The summed E-state index contributed by atoms with van der Waals surface area (Å²) in [6.07, 6.45) is 2.11. The highest BCUT2D eigenvalue weighted by Crippen LogP contribution is 2.66. The molecule has 5 rings (SSSR count). The van der Waals surface area contributed by atoms with Crippen LogP contribution in [0.25, 0.3) is 0 Å². The van der Waals surface area contributed by atoms with Gasteiger partial charge in [0.25, 0.3) is 11.8 Å². The molecule has 0 unspecified atom stereocenters. The predicted molar refractivity (Wildman–Crippen MR) is 132 cm³/mol. The zero-order chi connectivity index (χ0) is 26.5. The molecule has 1 aromatic carbocycles. The second-order valence-electron chi connectivity index (χ2n) is 11.1. The molecule has 0 aromatic heterocycles. The van der Waals surface area contributed by atoms with Crippen molar-refractivity contribution in [3.63, 3.8) is 0 Å². The number of ether oxygens (including phenoxy) is 1. The van der Waals surface area contributed by atoms with Crippen LogP contribution >= 0.6 is 23.2 Å². The van der Waals surface area contributed by atoms with Crippen LogP contribution in [0.4, 0.5) is 0 Å². The Bertz CT molecular complexity index is 1260. The van der Waals surface area contributed by atoms with Gasteiger partial charge >= 0.3 is 0 Å². The van der Waals surface area contributed by atoms with Gasteiger partial charge < -0.3 is 9.84 Å². The summed E-state index contributed by atoms with van der Waals surface area (Å²) in [5.74, 6) is -4.46. The number of allylic oxidation sites excluding steroid dienone is 2. The fraction of sp³-hybridized carbons (Fsp3) is 0.538. The number of carbonyl (C=O) groups is 4. The van der Waals surface area contributed by atoms with Crippen LogP contribution in [-0.4, -0.2) is 68.0 Å². The smallest absolute Gasteiger partial charge is 0.253 e. The average molecular weight is 535 g/mol. The number of carbonyl (C=O) groups excluding carboxylic acids is 4. The first kappa shape index (κ1) is 25.1. The number of aromatic hydroxyl groups is 1. The zero-order valence-electron chi connectivity index (χ0n) is 20.7.